The fourth-order valence-corrected chi connectivity index (χ4v) is 2.20. The van der Waals surface area contributed by atoms with Crippen molar-refractivity contribution >= 4 is 0 Å². The zero-order valence-electron chi connectivity index (χ0n) is 10.4. The van der Waals surface area contributed by atoms with Crippen LogP contribution in [0.25, 0.3) is 11.3 Å². The van der Waals surface area contributed by atoms with Crippen LogP contribution >= 0.6 is 0 Å². The van der Waals surface area contributed by atoms with Gasteiger partial charge in [0.25, 0.3) is 0 Å². The highest BCUT2D eigenvalue weighted by Crippen LogP contribution is 2.15. The SMILES string of the molecule is c1c[nH]c(-c2cnn(CCN3CCOCC3)c2)c1. The van der Waals surface area contributed by atoms with E-state index in [1.807, 2.05) is 23.1 Å². The normalized spacial score (nSPS) is 17.1. The minimum Gasteiger partial charge on any atom is -0.379 e. The van der Waals surface area contributed by atoms with Gasteiger partial charge in [0.1, 0.15) is 0 Å². The van der Waals surface area contributed by atoms with Crippen molar-refractivity contribution in [3.8, 4) is 11.3 Å². The fourth-order valence-electron chi connectivity index (χ4n) is 2.20. The maximum atomic E-state index is 5.34. The van der Waals surface area contributed by atoms with Crippen molar-refractivity contribution in [3.05, 3.63) is 30.7 Å². The molecule has 1 aliphatic rings. The van der Waals surface area contributed by atoms with Crippen LogP contribution in [0.4, 0.5) is 0 Å². The summed E-state index contributed by atoms with van der Waals surface area (Å²) in [5, 5.41) is 4.40. The van der Waals surface area contributed by atoms with Crippen molar-refractivity contribution in [2.75, 3.05) is 32.8 Å². The van der Waals surface area contributed by atoms with Gasteiger partial charge in [-0.05, 0) is 12.1 Å². The maximum Gasteiger partial charge on any atom is 0.0594 e. The average molecular weight is 246 g/mol. The molecule has 0 saturated carbocycles. The first-order valence-electron chi connectivity index (χ1n) is 6.38. The molecule has 18 heavy (non-hydrogen) atoms. The molecular formula is C13H18N4O. The second kappa shape index (κ2) is 5.37. The largest absolute Gasteiger partial charge is 0.379 e. The van der Waals surface area contributed by atoms with Crippen molar-refractivity contribution in [1.29, 1.82) is 0 Å². The summed E-state index contributed by atoms with van der Waals surface area (Å²) < 4.78 is 7.34. The zero-order chi connectivity index (χ0) is 12.2. The maximum absolute atomic E-state index is 5.34. The minimum absolute atomic E-state index is 0.854. The third kappa shape index (κ3) is 2.63. The predicted octanol–water partition coefficient (Wildman–Crippen LogP) is 1.21. The number of nitrogens with zero attached hydrogens (tertiary/aromatic N) is 3. The lowest BCUT2D eigenvalue weighted by Gasteiger charge is -2.26. The third-order valence-electron chi connectivity index (χ3n) is 3.29. The Morgan fingerprint density at radius 3 is 2.94 bits per heavy atom. The Kier molecular flexibility index (Phi) is 3.43. The molecule has 5 nitrogen and oxygen atoms in total. The monoisotopic (exact) mass is 246 g/mol. The van der Waals surface area contributed by atoms with Crippen LogP contribution in [0.3, 0.4) is 0 Å². The summed E-state index contributed by atoms with van der Waals surface area (Å²) in [6.07, 6.45) is 5.93. The Balaban J connectivity index is 1.57. The molecule has 2 aromatic heterocycles. The topological polar surface area (TPSA) is 46.1 Å². The van der Waals surface area contributed by atoms with E-state index in [1.54, 1.807) is 0 Å². The second-order valence-electron chi connectivity index (χ2n) is 4.53. The van der Waals surface area contributed by atoms with Crippen molar-refractivity contribution in [2.45, 2.75) is 6.54 Å². The average Bonchev–Trinajstić information content (AvgIpc) is 3.08. The van der Waals surface area contributed by atoms with Gasteiger partial charge in [0.2, 0.25) is 0 Å². The van der Waals surface area contributed by atoms with Gasteiger partial charge in [-0.1, -0.05) is 0 Å². The summed E-state index contributed by atoms with van der Waals surface area (Å²) in [6, 6.07) is 4.06. The summed E-state index contributed by atoms with van der Waals surface area (Å²) in [5.41, 5.74) is 2.26. The van der Waals surface area contributed by atoms with Crippen LogP contribution in [0, 0.1) is 0 Å². The van der Waals surface area contributed by atoms with Gasteiger partial charge >= 0.3 is 0 Å². The predicted molar refractivity (Wildman–Crippen MR) is 69.3 cm³/mol. The molecule has 0 aromatic carbocycles. The van der Waals surface area contributed by atoms with Crippen LogP contribution in [0.2, 0.25) is 0 Å². The number of hydrogen-bond acceptors (Lipinski definition) is 3. The van der Waals surface area contributed by atoms with Crippen LogP contribution < -0.4 is 0 Å². The summed E-state index contributed by atoms with van der Waals surface area (Å²) in [7, 11) is 0. The van der Waals surface area contributed by atoms with Gasteiger partial charge in [0.05, 0.1) is 26.0 Å². The fraction of sp³-hybridized carbons (Fsp3) is 0.462. The van der Waals surface area contributed by atoms with Crippen LogP contribution in [0.5, 0.6) is 0 Å². The standard InChI is InChI=1S/C13H18N4O/c1-2-13(14-3-1)12-10-15-17(11-12)5-4-16-6-8-18-9-7-16/h1-3,10-11,14H,4-9H2. The van der Waals surface area contributed by atoms with Gasteiger partial charge in [0.15, 0.2) is 0 Å². The Morgan fingerprint density at radius 1 is 1.28 bits per heavy atom. The lowest BCUT2D eigenvalue weighted by Crippen LogP contribution is -2.38. The number of nitrogens with one attached hydrogen (secondary N) is 1. The van der Waals surface area contributed by atoms with E-state index in [4.69, 9.17) is 4.74 Å². The molecule has 1 fully saturated rings. The molecule has 0 radical (unpaired) electrons. The number of ether oxygens (including phenoxy) is 1. The van der Waals surface area contributed by atoms with Crippen LogP contribution in [-0.4, -0.2) is 52.5 Å². The summed E-state index contributed by atoms with van der Waals surface area (Å²) in [5.74, 6) is 0. The Bertz CT molecular complexity index is 471. The van der Waals surface area contributed by atoms with E-state index in [9.17, 15) is 0 Å². The number of aromatic nitrogens is 3. The molecule has 1 N–H and O–H groups in total. The molecule has 96 valence electrons. The smallest absolute Gasteiger partial charge is 0.0594 e. The number of morpholine rings is 1. The molecule has 0 spiro atoms. The van der Waals surface area contributed by atoms with Gasteiger partial charge in [-0.2, -0.15) is 5.10 Å². The number of H-pyrrole nitrogens is 1. The lowest BCUT2D eigenvalue weighted by atomic mass is 10.3. The number of hydrogen-bond donors (Lipinski definition) is 1. The van der Waals surface area contributed by atoms with Gasteiger partial charge in [-0.25, -0.2) is 0 Å². The molecule has 0 aliphatic carbocycles. The van der Waals surface area contributed by atoms with E-state index in [2.05, 4.69) is 27.2 Å². The van der Waals surface area contributed by atoms with Gasteiger partial charge in [-0.15, -0.1) is 0 Å². The molecular weight excluding hydrogens is 228 g/mol. The molecule has 0 atom stereocenters. The van der Waals surface area contributed by atoms with Crippen molar-refractivity contribution in [2.24, 2.45) is 0 Å². The highest BCUT2D eigenvalue weighted by Gasteiger charge is 2.10. The number of rotatable bonds is 4. The molecule has 0 unspecified atom stereocenters. The summed E-state index contributed by atoms with van der Waals surface area (Å²) in [4.78, 5) is 5.61. The Morgan fingerprint density at radius 2 is 2.17 bits per heavy atom. The molecule has 1 saturated heterocycles. The first-order valence-corrected chi connectivity index (χ1v) is 6.38. The number of aromatic amines is 1. The summed E-state index contributed by atoms with van der Waals surface area (Å²) >= 11 is 0. The molecule has 3 rings (SSSR count). The molecule has 0 amide bonds. The van der Waals surface area contributed by atoms with Crippen LogP contribution in [0.1, 0.15) is 0 Å². The van der Waals surface area contributed by atoms with Gasteiger partial charge < -0.3 is 9.72 Å². The van der Waals surface area contributed by atoms with E-state index < -0.39 is 0 Å². The molecule has 1 aliphatic heterocycles. The van der Waals surface area contributed by atoms with E-state index in [-0.39, 0.29) is 0 Å². The van der Waals surface area contributed by atoms with Gasteiger partial charge in [0, 0.05) is 43.3 Å². The second-order valence-corrected chi connectivity index (χ2v) is 4.53. The van der Waals surface area contributed by atoms with E-state index in [0.717, 1.165) is 50.7 Å². The Hall–Kier alpha value is -1.59. The summed E-state index contributed by atoms with van der Waals surface area (Å²) in [6.45, 7) is 5.74. The van der Waals surface area contributed by atoms with Crippen molar-refractivity contribution in [3.63, 3.8) is 0 Å². The van der Waals surface area contributed by atoms with Crippen molar-refractivity contribution < 1.29 is 4.74 Å². The highest BCUT2D eigenvalue weighted by molar-refractivity contribution is 5.56. The van der Waals surface area contributed by atoms with Crippen molar-refractivity contribution in [1.82, 2.24) is 19.7 Å². The molecule has 3 heterocycles. The zero-order valence-corrected chi connectivity index (χ0v) is 10.4. The van der Waals surface area contributed by atoms with E-state index in [0.29, 0.717) is 0 Å². The molecule has 2 aromatic rings. The van der Waals surface area contributed by atoms with Crippen LogP contribution in [0.15, 0.2) is 30.7 Å². The van der Waals surface area contributed by atoms with E-state index in [1.165, 1.54) is 0 Å². The van der Waals surface area contributed by atoms with E-state index >= 15 is 0 Å². The highest BCUT2D eigenvalue weighted by atomic mass is 16.5. The minimum atomic E-state index is 0.854. The quantitative estimate of drug-likeness (QED) is 0.882. The first-order chi connectivity index (χ1) is 8.92. The van der Waals surface area contributed by atoms with Gasteiger partial charge in [-0.3, -0.25) is 9.58 Å². The first kappa shape index (κ1) is 11.5. The van der Waals surface area contributed by atoms with Crippen LogP contribution in [-0.2, 0) is 11.3 Å². The lowest BCUT2D eigenvalue weighted by molar-refractivity contribution is 0.0360. The molecule has 5 heteroatoms. The Labute approximate surface area is 106 Å². The molecule has 0 bridgehead atoms. The third-order valence-corrected chi connectivity index (χ3v) is 3.29.